The Balaban J connectivity index is 1.22. The molecule has 0 aliphatic heterocycles. The molecule has 2 heterocycles. The van der Waals surface area contributed by atoms with Gasteiger partial charge in [-0.05, 0) is 67.7 Å². The fourth-order valence-corrected chi connectivity index (χ4v) is 7.23. The SMILES string of the molecule is c1ccc(-c2nc(-c3ccccc3)nc(-c3cccc4oc5ccc(-c6cc7ccc8ccccc8c7c7ccccc67)cc5c34)n2)cc1. The van der Waals surface area contributed by atoms with Gasteiger partial charge in [-0.15, -0.1) is 0 Å². The van der Waals surface area contributed by atoms with Crippen molar-refractivity contribution in [3.63, 3.8) is 0 Å². The third-order valence-electron chi connectivity index (χ3n) is 9.49. The van der Waals surface area contributed by atoms with E-state index in [9.17, 15) is 0 Å². The molecule has 10 rings (SSSR count). The summed E-state index contributed by atoms with van der Waals surface area (Å²) >= 11 is 0. The van der Waals surface area contributed by atoms with Crippen LogP contribution in [0.25, 0.3) is 99.5 Å². The molecule has 0 N–H and O–H groups in total. The van der Waals surface area contributed by atoms with Crippen molar-refractivity contribution in [2.75, 3.05) is 0 Å². The number of nitrogens with zero attached hydrogens (tertiary/aromatic N) is 3. The molecule has 0 saturated carbocycles. The van der Waals surface area contributed by atoms with Crippen LogP contribution in [0.15, 0.2) is 168 Å². The summed E-state index contributed by atoms with van der Waals surface area (Å²) in [5.41, 5.74) is 6.70. The number of hydrogen-bond acceptors (Lipinski definition) is 4. The second-order valence-corrected chi connectivity index (χ2v) is 12.4. The van der Waals surface area contributed by atoms with Gasteiger partial charge in [-0.3, -0.25) is 0 Å². The van der Waals surface area contributed by atoms with Crippen LogP contribution in [0.4, 0.5) is 0 Å². The molecule has 228 valence electrons. The lowest BCUT2D eigenvalue weighted by Crippen LogP contribution is -2.00. The van der Waals surface area contributed by atoms with E-state index < -0.39 is 0 Å². The molecule has 10 aromatic rings. The molecule has 2 aromatic heterocycles. The second kappa shape index (κ2) is 11.0. The summed E-state index contributed by atoms with van der Waals surface area (Å²) in [6, 6.07) is 57.0. The molecule has 0 unspecified atom stereocenters. The van der Waals surface area contributed by atoms with Crippen LogP contribution in [0.2, 0.25) is 0 Å². The van der Waals surface area contributed by atoms with Crippen LogP contribution in [0.3, 0.4) is 0 Å². The quantitative estimate of drug-likeness (QED) is 0.183. The van der Waals surface area contributed by atoms with Gasteiger partial charge in [0.05, 0.1) is 0 Å². The topological polar surface area (TPSA) is 51.8 Å². The number of rotatable bonds is 4. The number of hydrogen-bond donors (Lipinski definition) is 0. The fourth-order valence-electron chi connectivity index (χ4n) is 7.23. The first-order chi connectivity index (χ1) is 24.3. The predicted octanol–water partition coefficient (Wildman–Crippen LogP) is 11.9. The van der Waals surface area contributed by atoms with Crippen LogP contribution in [-0.2, 0) is 0 Å². The van der Waals surface area contributed by atoms with Crippen LogP contribution in [0.5, 0.6) is 0 Å². The van der Waals surface area contributed by atoms with E-state index in [2.05, 4.69) is 91.0 Å². The Kier molecular flexibility index (Phi) is 6.15. The zero-order valence-corrected chi connectivity index (χ0v) is 26.3. The summed E-state index contributed by atoms with van der Waals surface area (Å²) in [7, 11) is 0. The average molecular weight is 626 g/mol. The van der Waals surface area contributed by atoms with Crippen LogP contribution in [-0.4, -0.2) is 15.0 Å². The van der Waals surface area contributed by atoms with Gasteiger partial charge in [0.25, 0.3) is 0 Å². The van der Waals surface area contributed by atoms with Crippen molar-refractivity contribution >= 4 is 54.3 Å². The number of aromatic nitrogens is 3. The zero-order valence-electron chi connectivity index (χ0n) is 26.3. The Labute approximate surface area is 282 Å². The molecule has 8 aromatic carbocycles. The van der Waals surface area contributed by atoms with Crippen LogP contribution in [0, 0.1) is 0 Å². The first-order valence-corrected chi connectivity index (χ1v) is 16.4. The summed E-state index contributed by atoms with van der Waals surface area (Å²) in [6.45, 7) is 0. The van der Waals surface area contributed by atoms with E-state index >= 15 is 0 Å². The zero-order chi connectivity index (χ0) is 32.3. The molecule has 0 amide bonds. The van der Waals surface area contributed by atoms with Gasteiger partial charge in [-0.25, -0.2) is 15.0 Å². The Morgan fingerprint density at radius 2 is 0.959 bits per heavy atom. The minimum atomic E-state index is 0.606. The molecule has 0 aliphatic rings. The highest BCUT2D eigenvalue weighted by atomic mass is 16.3. The molecule has 0 saturated heterocycles. The Bertz CT molecular complexity index is 2820. The Hall–Kier alpha value is -6.65. The number of fused-ring (bicyclic) bond motifs is 8. The smallest absolute Gasteiger partial charge is 0.164 e. The predicted molar refractivity (Wildman–Crippen MR) is 201 cm³/mol. The molecule has 0 fully saturated rings. The fraction of sp³-hybridized carbons (Fsp3) is 0. The van der Waals surface area contributed by atoms with Gasteiger partial charge in [0.15, 0.2) is 17.5 Å². The van der Waals surface area contributed by atoms with Crippen molar-refractivity contribution in [3.8, 4) is 45.3 Å². The van der Waals surface area contributed by atoms with Crippen molar-refractivity contribution in [1.82, 2.24) is 15.0 Å². The molecule has 4 heteroatoms. The van der Waals surface area contributed by atoms with Gasteiger partial charge in [0.1, 0.15) is 11.2 Å². The highest BCUT2D eigenvalue weighted by Crippen LogP contribution is 2.42. The highest BCUT2D eigenvalue weighted by Gasteiger charge is 2.19. The standard InChI is InChI=1S/C45H27N3O/c1-3-13-29(14-4-1)43-46-44(30-15-5-2-6-16-30)48-45(47-43)36-20-11-21-40-42(36)38-26-31(24-25-39(38)49-40)37-27-32-23-22-28-12-7-8-17-33(28)41(32)35-19-10-9-18-34(35)37/h1-27H. The van der Waals surface area contributed by atoms with Crippen molar-refractivity contribution < 1.29 is 4.42 Å². The summed E-state index contributed by atoms with van der Waals surface area (Å²) in [6.07, 6.45) is 0. The monoisotopic (exact) mass is 625 g/mol. The van der Waals surface area contributed by atoms with Crippen molar-refractivity contribution in [3.05, 3.63) is 164 Å². The van der Waals surface area contributed by atoms with E-state index in [-0.39, 0.29) is 0 Å². The van der Waals surface area contributed by atoms with Crippen LogP contribution in [0.1, 0.15) is 0 Å². The van der Waals surface area contributed by atoms with Crippen molar-refractivity contribution in [1.29, 1.82) is 0 Å². The first kappa shape index (κ1) is 27.5. The maximum atomic E-state index is 6.47. The van der Waals surface area contributed by atoms with Gasteiger partial charge in [0.2, 0.25) is 0 Å². The molecule has 0 radical (unpaired) electrons. The second-order valence-electron chi connectivity index (χ2n) is 12.4. The largest absolute Gasteiger partial charge is 0.456 e. The van der Waals surface area contributed by atoms with Gasteiger partial charge < -0.3 is 4.42 Å². The average Bonchev–Trinajstić information content (AvgIpc) is 3.56. The molecule has 0 spiro atoms. The Morgan fingerprint density at radius 1 is 0.327 bits per heavy atom. The first-order valence-electron chi connectivity index (χ1n) is 16.4. The van der Waals surface area contributed by atoms with E-state index in [1.165, 1.54) is 37.9 Å². The number of furan rings is 1. The summed E-state index contributed by atoms with van der Waals surface area (Å²) in [4.78, 5) is 15.0. The van der Waals surface area contributed by atoms with E-state index in [1.54, 1.807) is 0 Å². The summed E-state index contributed by atoms with van der Waals surface area (Å²) in [5.74, 6) is 1.87. The molecule has 0 atom stereocenters. The third kappa shape index (κ3) is 4.49. The number of benzene rings is 8. The maximum absolute atomic E-state index is 6.47. The van der Waals surface area contributed by atoms with Gasteiger partial charge >= 0.3 is 0 Å². The summed E-state index contributed by atoms with van der Waals surface area (Å²) in [5, 5.41) is 9.49. The van der Waals surface area contributed by atoms with Crippen molar-refractivity contribution in [2.45, 2.75) is 0 Å². The van der Waals surface area contributed by atoms with E-state index in [4.69, 9.17) is 19.4 Å². The Morgan fingerprint density at radius 3 is 1.71 bits per heavy atom. The molecular formula is C45H27N3O. The highest BCUT2D eigenvalue weighted by molar-refractivity contribution is 6.23. The van der Waals surface area contributed by atoms with E-state index in [0.717, 1.165) is 44.2 Å². The maximum Gasteiger partial charge on any atom is 0.164 e. The van der Waals surface area contributed by atoms with Crippen LogP contribution >= 0.6 is 0 Å². The molecule has 4 nitrogen and oxygen atoms in total. The van der Waals surface area contributed by atoms with Gasteiger partial charge in [-0.2, -0.15) is 0 Å². The lowest BCUT2D eigenvalue weighted by Gasteiger charge is -2.13. The van der Waals surface area contributed by atoms with E-state index in [1.807, 2.05) is 72.8 Å². The third-order valence-corrected chi connectivity index (χ3v) is 9.49. The summed E-state index contributed by atoms with van der Waals surface area (Å²) < 4.78 is 6.47. The van der Waals surface area contributed by atoms with Crippen LogP contribution < -0.4 is 0 Å². The van der Waals surface area contributed by atoms with Gasteiger partial charge in [0, 0.05) is 27.5 Å². The minimum Gasteiger partial charge on any atom is -0.456 e. The van der Waals surface area contributed by atoms with Crippen molar-refractivity contribution in [2.24, 2.45) is 0 Å². The molecule has 0 aliphatic carbocycles. The minimum absolute atomic E-state index is 0.606. The normalized spacial score (nSPS) is 11.7. The molecule has 0 bridgehead atoms. The van der Waals surface area contributed by atoms with E-state index in [0.29, 0.717) is 17.5 Å². The van der Waals surface area contributed by atoms with Gasteiger partial charge in [-0.1, -0.05) is 140 Å². The molecular weight excluding hydrogens is 599 g/mol. The lowest BCUT2D eigenvalue weighted by molar-refractivity contribution is 0.669. The molecule has 49 heavy (non-hydrogen) atoms. The lowest BCUT2D eigenvalue weighted by atomic mass is 9.90.